The number of halogens is 1. The fraction of sp³-hybridized carbons (Fsp3) is 0.462. The van der Waals surface area contributed by atoms with Gasteiger partial charge in [-0.3, -0.25) is 0 Å². The summed E-state index contributed by atoms with van der Waals surface area (Å²) < 4.78 is 5.22. The molecule has 20 heavy (non-hydrogen) atoms. The molecule has 0 aliphatic carbocycles. The molecule has 1 fully saturated rings. The fourth-order valence-corrected chi connectivity index (χ4v) is 2.95. The second-order valence-corrected chi connectivity index (χ2v) is 5.59. The molecule has 0 saturated carbocycles. The van der Waals surface area contributed by atoms with E-state index in [1.54, 1.807) is 11.0 Å². The van der Waals surface area contributed by atoms with Crippen LogP contribution in [-0.2, 0) is 4.74 Å². The fourth-order valence-electron chi connectivity index (χ4n) is 2.66. The van der Waals surface area contributed by atoms with Crippen LogP contribution in [0, 0.1) is 0 Å². The van der Waals surface area contributed by atoms with Crippen LogP contribution in [0.4, 0.5) is 5.69 Å². The number of hydrogen-bond donors (Lipinski definition) is 0. The van der Waals surface area contributed by atoms with Gasteiger partial charge in [-0.1, -0.05) is 11.6 Å². The first-order valence-corrected chi connectivity index (χ1v) is 6.97. The lowest BCUT2D eigenvalue weighted by molar-refractivity contribution is -0.0349. The highest BCUT2D eigenvalue weighted by Gasteiger charge is 2.34. The maximum absolute atomic E-state index is 6.25. The molecule has 1 saturated heterocycles. The molecule has 7 heteroatoms. The maximum Gasteiger partial charge on any atom is 0.152 e. The number of anilines is 1. The van der Waals surface area contributed by atoms with Crippen LogP contribution in [0.15, 0.2) is 12.3 Å². The lowest BCUT2D eigenvalue weighted by Gasteiger charge is -2.32. The smallest absolute Gasteiger partial charge is 0.152 e. The van der Waals surface area contributed by atoms with E-state index in [1.807, 2.05) is 13.1 Å². The van der Waals surface area contributed by atoms with Crippen molar-refractivity contribution >= 4 is 17.3 Å². The second-order valence-electron chi connectivity index (χ2n) is 5.23. The lowest BCUT2D eigenvalue weighted by atomic mass is 9.99. The summed E-state index contributed by atoms with van der Waals surface area (Å²) in [5.41, 5.74) is 3.80. The van der Waals surface area contributed by atoms with Crippen LogP contribution in [0.25, 0.3) is 11.3 Å². The minimum Gasteiger partial charge on any atom is -0.377 e. The van der Waals surface area contributed by atoms with Crippen molar-refractivity contribution in [3.05, 3.63) is 23.1 Å². The van der Waals surface area contributed by atoms with E-state index in [4.69, 9.17) is 16.3 Å². The van der Waals surface area contributed by atoms with E-state index < -0.39 is 0 Å². The van der Waals surface area contributed by atoms with E-state index in [-0.39, 0.29) is 12.1 Å². The molecule has 2 aromatic heterocycles. The maximum atomic E-state index is 6.25. The number of fused-ring (bicyclic) bond motifs is 3. The summed E-state index contributed by atoms with van der Waals surface area (Å²) in [5.74, 6) is 0. The van der Waals surface area contributed by atoms with Crippen molar-refractivity contribution in [1.29, 1.82) is 0 Å². The summed E-state index contributed by atoms with van der Waals surface area (Å²) >= 11 is 6.25. The van der Waals surface area contributed by atoms with Gasteiger partial charge in [0.25, 0.3) is 0 Å². The van der Waals surface area contributed by atoms with Crippen molar-refractivity contribution in [1.82, 2.24) is 20.0 Å². The van der Waals surface area contributed by atoms with Crippen molar-refractivity contribution in [2.75, 3.05) is 25.2 Å². The van der Waals surface area contributed by atoms with E-state index in [0.717, 1.165) is 22.6 Å². The molecule has 0 N–H and O–H groups in total. The van der Waals surface area contributed by atoms with Crippen LogP contribution >= 0.6 is 11.6 Å². The van der Waals surface area contributed by atoms with Gasteiger partial charge in [-0.2, -0.15) is 15.0 Å². The zero-order valence-corrected chi connectivity index (χ0v) is 12.0. The third-order valence-electron chi connectivity index (χ3n) is 4.07. The summed E-state index contributed by atoms with van der Waals surface area (Å²) in [6.45, 7) is 3.46. The summed E-state index contributed by atoms with van der Waals surface area (Å²) in [5, 5.41) is 9.81. The Morgan fingerprint density at radius 1 is 1.35 bits per heavy atom. The largest absolute Gasteiger partial charge is 0.377 e. The standard InChI is InChI=1S/C13H14ClN5O/c1-7-10-11(17-19(16-10)8-5-20-6-8)9-3-4-15-13(14)12(9)18(7)2/h3-4,7-8H,5-6H2,1-2H3. The molecule has 4 heterocycles. The molecule has 0 amide bonds. The number of ether oxygens (including phenoxy) is 1. The van der Waals surface area contributed by atoms with Crippen LogP contribution in [0.1, 0.15) is 24.7 Å². The zero-order chi connectivity index (χ0) is 13.9. The van der Waals surface area contributed by atoms with Crippen LogP contribution in [-0.4, -0.2) is 40.2 Å². The Morgan fingerprint density at radius 2 is 2.15 bits per heavy atom. The predicted octanol–water partition coefficient (Wildman–Crippen LogP) is 2.08. The number of hydrogen-bond acceptors (Lipinski definition) is 5. The zero-order valence-electron chi connectivity index (χ0n) is 11.2. The van der Waals surface area contributed by atoms with Gasteiger partial charge in [0.1, 0.15) is 17.4 Å². The molecule has 104 valence electrons. The number of rotatable bonds is 1. The molecule has 2 aliphatic heterocycles. The average Bonchev–Trinajstić information content (AvgIpc) is 2.78. The molecule has 2 aliphatic rings. The summed E-state index contributed by atoms with van der Waals surface area (Å²) in [7, 11) is 2.01. The van der Waals surface area contributed by atoms with E-state index in [9.17, 15) is 0 Å². The van der Waals surface area contributed by atoms with Gasteiger partial charge in [0.15, 0.2) is 5.15 Å². The molecule has 4 rings (SSSR count). The molecule has 1 unspecified atom stereocenters. The molecule has 6 nitrogen and oxygen atoms in total. The monoisotopic (exact) mass is 291 g/mol. The van der Waals surface area contributed by atoms with Gasteiger partial charge < -0.3 is 9.64 Å². The third-order valence-corrected chi connectivity index (χ3v) is 4.34. The average molecular weight is 292 g/mol. The van der Waals surface area contributed by atoms with Crippen LogP contribution in [0.5, 0.6) is 0 Å². The minimum absolute atomic E-state index is 0.119. The summed E-state index contributed by atoms with van der Waals surface area (Å²) in [4.78, 5) is 8.05. The normalized spacial score (nSPS) is 21.4. The van der Waals surface area contributed by atoms with Crippen molar-refractivity contribution in [2.45, 2.75) is 19.0 Å². The van der Waals surface area contributed by atoms with Gasteiger partial charge >= 0.3 is 0 Å². The van der Waals surface area contributed by atoms with Crippen molar-refractivity contribution in [3.8, 4) is 11.3 Å². The highest BCUT2D eigenvalue weighted by atomic mass is 35.5. The molecule has 1 atom stereocenters. The summed E-state index contributed by atoms with van der Waals surface area (Å²) in [6.07, 6.45) is 1.71. The van der Waals surface area contributed by atoms with Gasteiger partial charge in [-0.15, -0.1) is 0 Å². The van der Waals surface area contributed by atoms with Gasteiger partial charge in [0, 0.05) is 18.8 Å². The Labute approximate surface area is 121 Å². The Morgan fingerprint density at radius 3 is 2.85 bits per heavy atom. The Balaban J connectivity index is 1.91. The Kier molecular flexibility index (Phi) is 2.52. The first-order valence-electron chi connectivity index (χ1n) is 6.59. The highest BCUT2D eigenvalue weighted by molar-refractivity contribution is 6.32. The van der Waals surface area contributed by atoms with Crippen LogP contribution in [0.2, 0.25) is 5.15 Å². The first-order chi connectivity index (χ1) is 9.66. The predicted molar refractivity (Wildman–Crippen MR) is 74.9 cm³/mol. The van der Waals surface area contributed by atoms with E-state index in [0.29, 0.717) is 18.4 Å². The quantitative estimate of drug-likeness (QED) is 0.753. The first kappa shape index (κ1) is 12.1. The molecule has 0 radical (unpaired) electrons. The molecule has 0 bridgehead atoms. The molecule has 2 aromatic rings. The Bertz CT molecular complexity index is 681. The van der Waals surface area contributed by atoms with Gasteiger partial charge in [-0.05, 0) is 13.0 Å². The molecule has 0 aromatic carbocycles. The molecular formula is C13H14ClN5O. The topological polar surface area (TPSA) is 56.1 Å². The van der Waals surface area contributed by atoms with Crippen molar-refractivity contribution < 1.29 is 4.74 Å². The van der Waals surface area contributed by atoms with Crippen molar-refractivity contribution in [3.63, 3.8) is 0 Å². The lowest BCUT2D eigenvalue weighted by Crippen LogP contribution is -2.32. The number of aromatic nitrogens is 4. The summed E-state index contributed by atoms with van der Waals surface area (Å²) in [6, 6.07) is 2.31. The second kappa shape index (κ2) is 4.17. The molecular weight excluding hydrogens is 278 g/mol. The van der Waals surface area contributed by atoms with Gasteiger partial charge in [0.05, 0.1) is 24.9 Å². The minimum atomic E-state index is 0.119. The SMILES string of the molecule is CC1c2nn(C3COC3)nc2-c2ccnc(Cl)c2N1C. The van der Waals surface area contributed by atoms with E-state index >= 15 is 0 Å². The van der Waals surface area contributed by atoms with Crippen LogP contribution in [0.3, 0.4) is 0 Å². The molecule has 0 spiro atoms. The van der Waals surface area contributed by atoms with Gasteiger partial charge in [-0.25, -0.2) is 4.98 Å². The van der Waals surface area contributed by atoms with Gasteiger partial charge in [0.2, 0.25) is 0 Å². The third kappa shape index (κ3) is 1.52. The number of nitrogens with zero attached hydrogens (tertiary/aromatic N) is 5. The van der Waals surface area contributed by atoms with E-state index in [2.05, 4.69) is 27.0 Å². The Hall–Kier alpha value is -1.66. The highest BCUT2D eigenvalue weighted by Crippen LogP contribution is 2.44. The van der Waals surface area contributed by atoms with Crippen LogP contribution < -0.4 is 4.90 Å². The number of pyridine rings is 1. The van der Waals surface area contributed by atoms with E-state index in [1.165, 1.54) is 0 Å². The van der Waals surface area contributed by atoms with Crippen molar-refractivity contribution in [2.24, 2.45) is 0 Å².